The topological polar surface area (TPSA) is 45.7 Å². The normalized spacial score (nSPS) is 14.8. The van der Waals surface area contributed by atoms with E-state index in [1.807, 2.05) is 66.4 Å². The molecule has 1 fully saturated rings. The summed E-state index contributed by atoms with van der Waals surface area (Å²) < 4.78 is 5.79. The van der Waals surface area contributed by atoms with Crippen molar-refractivity contribution in [1.82, 2.24) is 9.88 Å². The molecule has 0 bridgehead atoms. The molecule has 1 aliphatic rings. The molecule has 0 N–H and O–H groups in total. The van der Waals surface area contributed by atoms with Gasteiger partial charge in [0.1, 0.15) is 12.4 Å². The number of hydrogen-bond donors (Lipinski definition) is 0. The number of carbonyl (C=O) groups excluding carboxylic acids is 1. The lowest BCUT2D eigenvalue weighted by Gasteiger charge is -2.35. The predicted octanol–water partition coefficient (Wildman–Crippen LogP) is 3.82. The van der Waals surface area contributed by atoms with E-state index in [1.165, 1.54) is 5.56 Å². The van der Waals surface area contributed by atoms with E-state index in [0.29, 0.717) is 13.2 Å². The lowest BCUT2D eigenvalue weighted by molar-refractivity contribution is -0.121. The minimum atomic E-state index is 0.154. The highest BCUT2D eigenvalue weighted by molar-refractivity contribution is 5.96. The molecule has 2 heterocycles. The number of pyridine rings is 1. The second kappa shape index (κ2) is 8.88. The largest absolute Gasteiger partial charge is 0.487 e. The second-order valence-electron chi connectivity index (χ2n) is 7.30. The molecule has 1 aromatic heterocycles. The molecule has 0 unspecified atom stereocenters. The Hall–Kier alpha value is -3.18. The highest BCUT2D eigenvalue weighted by Gasteiger charge is 2.25. The fraction of sp³-hybridized carbons (Fsp3) is 0.250. The van der Waals surface area contributed by atoms with E-state index in [2.05, 4.69) is 22.0 Å². The lowest BCUT2D eigenvalue weighted by Crippen LogP contribution is -2.50. The lowest BCUT2D eigenvalue weighted by atomic mass is 10.1. The first-order chi connectivity index (χ1) is 14.2. The van der Waals surface area contributed by atoms with E-state index in [1.54, 1.807) is 6.20 Å². The minimum Gasteiger partial charge on any atom is -0.487 e. The number of rotatable bonds is 6. The van der Waals surface area contributed by atoms with Crippen LogP contribution < -0.4 is 9.64 Å². The molecule has 0 spiro atoms. The van der Waals surface area contributed by atoms with Gasteiger partial charge >= 0.3 is 0 Å². The Morgan fingerprint density at radius 2 is 1.76 bits per heavy atom. The fourth-order valence-electron chi connectivity index (χ4n) is 3.57. The Bertz CT molecular complexity index is 957. The molecule has 0 radical (unpaired) electrons. The molecule has 1 amide bonds. The van der Waals surface area contributed by atoms with E-state index in [9.17, 15) is 4.79 Å². The van der Waals surface area contributed by atoms with Gasteiger partial charge in [0.05, 0.1) is 12.2 Å². The molecule has 0 saturated carbocycles. The summed E-state index contributed by atoms with van der Waals surface area (Å²) in [6, 6.07) is 21.9. The van der Waals surface area contributed by atoms with Gasteiger partial charge in [0.15, 0.2) is 0 Å². The third kappa shape index (κ3) is 4.81. The van der Waals surface area contributed by atoms with E-state index < -0.39 is 0 Å². The van der Waals surface area contributed by atoms with Crippen LogP contribution in [0.4, 0.5) is 5.69 Å². The average Bonchev–Trinajstić information content (AvgIpc) is 2.75. The summed E-state index contributed by atoms with van der Waals surface area (Å²) in [6.45, 7) is 5.27. The molecule has 2 aromatic carbocycles. The molecule has 4 rings (SSSR count). The van der Waals surface area contributed by atoms with Crippen LogP contribution in [0.2, 0.25) is 0 Å². The zero-order valence-electron chi connectivity index (χ0n) is 16.6. The molecule has 29 heavy (non-hydrogen) atoms. The summed E-state index contributed by atoms with van der Waals surface area (Å²) >= 11 is 0. The highest BCUT2D eigenvalue weighted by atomic mass is 16.5. The first-order valence-electron chi connectivity index (χ1n) is 9.89. The van der Waals surface area contributed by atoms with Crippen LogP contribution in [0.15, 0.2) is 72.9 Å². The summed E-state index contributed by atoms with van der Waals surface area (Å²) in [4.78, 5) is 21.0. The number of aromatic nitrogens is 1. The van der Waals surface area contributed by atoms with Crippen molar-refractivity contribution >= 4 is 11.6 Å². The van der Waals surface area contributed by atoms with Crippen molar-refractivity contribution in [2.45, 2.75) is 20.1 Å². The van der Waals surface area contributed by atoms with Crippen LogP contribution in [-0.4, -0.2) is 35.4 Å². The van der Waals surface area contributed by atoms with Crippen molar-refractivity contribution in [1.29, 1.82) is 0 Å². The quantitative estimate of drug-likeness (QED) is 0.645. The van der Waals surface area contributed by atoms with Crippen LogP contribution in [0.5, 0.6) is 5.75 Å². The first kappa shape index (κ1) is 19.2. The average molecular weight is 387 g/mol. The molecule has 5 nitrogen and oxygen atoms in total. The number of piperazine rings is 1. The third-order valence-corrected chi connectivity index (χ3v) is 5.15. The number of ether oxygens (including phenoxy) is 1. The third-order valence-electron chi connectivity index (χ3n) is 5.15. The maximum atomic E-state index is 12.7. The standard InChI is InChI=1S/C24H25N3O2/c1-19-6-2-3-8-23(19)27-15-14-26(17-24(27)28)16-20-9-11-22(12-10-20)29-18-21-7-4-5-13-25-21/h2-13H,14-18H2,1H3. The van der Waals surface area contributed by atoms with Gasteiger partial charge in [-0.3, -0.25) is 14.7 Å². The molecule has 1 saturated heterocycles. The van der Waals surface area contributed by atoms with Gasteiger partial charge in [-0.25, -0.2) is 0 Å². The maximum absolute atomic E-state index is 12.7. The molecule has 3 aromatic rings. The molecule has 0 atom stereocenters. The summed E-state index contributed by atoms with van der Waals surface area (Å²) in [5.41, 5.74) is 4.23. The number of carbonyl (C=O) groups is 1. The monoisotopic (exact) mass is 387 g/mol. The van der Waals surface area contributed by atoms with Gasteiger partial charge < -0.3 is 9.64 Å². The molecule has 5 heteroatoms. The second-order valence-corrected chi connectivity index (χ2v) is 7.30. The van der Waals surface area contributed by atoms with E-state index >= 15 is 0 Å². The molecule has 0 aliphatic carbocycles. The molecular weight excluding hydrogens is 362 g/mol. The van der Waals surface area contributed by atoms with E-state index in [-0.39, 0.29) is 5.91 Å². The number of amides is 1. The van der Waals surface area contributed by atoms with Crippen molar-refractivity contribution in [2.24, 2.45) is 0 Å². The Morgan fingerprint density at radius 1 is 0.966 bits per heavy atom. The molecule has 1 aliphatic heterocycles. The first-order valence-corrected chi connectivity index (χ1v) is 9.89. The van der Waals surface area contributed by atoms with Gasteiger partial charge in [0.25, 0.3) is 0 Å². The predicted molar refractivity (Wildman–Crippen MR) is 114 cm³/mol. The molecular formula is C24H25N3O2. The highest BCUT2D eigenvalue weighted by Crippen LogP contribution is 2.22. The van der Waals surface area contributed by atoms with E-state index in [4.69, 9.17) is 4.74 Å². The van der Waals surface area contributed by atoms with Crippen LogP contribution in [0.1, 0.15) is 16.8 Å². The number of anilines is 1. The minimum absolute atomic E-state index is 0.154. The van der Waals surface area contributed by atoms with Crippen molar-refractivity contribution in [3.63, 3.8) is 0 Å². The Kier molecular flexibility index (Phi) is 5.86. The Morgan fingerprint density at radius 3 is 2.48 bits per heavy atom. The Labute approximate surface area is 171 Å². The van der Waals surface area contributed by atoms with Crippen LogP contribution in [0, 0.1) is 6.92 Å². The van der Waals surface area contributed by atoms with Crippen molar-refractivity contribution in [3.8, 4) is 5.75 Å². The van der Waals surface area contributed by atoms with Crippen molar-refractivity contribution < 1.29 is 9.53 Å². The zero-order chi connectivity index (χ0) is 20.1. The number of para-hydroxylation sites is 1. The Balaban J connectivity index is 1.31. The van der Waals surface area contributed by atoms with Gasteiger partial charge in [-0.1, -0.05) is 36.4 Å². The zero-order valence-corrected chi connectivity index (χ0v) is 16.6. The summed E-state index contributed by atoms with van der Waals surface area (Å²) in [6.07, 6.45) is 1.77. The van der Waals surface area contributed by atoms with Gasteiger partial charge in [0.2, 0.25) is 5.91 Å². The van der Waals surface area contributed by atoms with E-state index in [0.717, 1.165) is 42.3 Å². The number of nitrogens with zero attached hydrogens (tertiary/aromatic N) is 3. The summed E-state index contributed by atoms with van der Waals surface area (Å²) in [5.74, 6) is 0.973. The fourth-order valence-corrected chi connectivity index (χ4v) is 3.57. The van der Waals surface area contributed by atoms with Crippen LogP contribution in [0.3, 0.4) is 0 Å². The van der Waals surface area contributed by atoms with Crippen LogP contribution >= 0.6 is 0 Å². The van der Waals surface area contributed by atoms with Crippen molar-refractivity contribution in [2.75, 3.05) is 24.5 Å². The molecule has 148 valence electrons. The number of benzene rings is 2. The number of hydrogen-bond acceptors (Lipinski definition) is 4. The SMILES string of the molecule is Cc1ccccc1N1CCN(Cc2ccc(OCc3ccccn3)cc2)CC1=O. The van der Waals surface area contributed by atoms with Gasteiger partial charge in [0, 0.05) is 31.5 Å². The summed E-state index contributed by atoms with van der Waals surface area (Å²) in [7, 11) is 0. The van der Waals surface area contributed by atoms with Crippen LogP contribution in [0.25, 0.3) is 0 Å². The van der Waals surface area contributed by atoms with Crippen molar-refractivity contribution in [3.05, 3.63) is 89.7 Å². The van der Waals surface area contributed by atoms with Gasteiger partial charge in [-0.05, 0) is 48.4 Å². The maximum Gasteiger partial charge on any atom is 0.241 e. The number of aryl methyl sites for hydroxylation is 1. The van der Waals surface area contributed by atoms with Gasteiger partial charge in [-0.2, -0.15) is 0 Å². The van der Waals surface area contributed by atoms with Gasteiger partial charge in [-0.15, -0.1) is 0 Å². The summed E-state index contributed by atoms with van der Waals surface area (Å²) in [5, 5.41) is 0. The van der Waals surface area contributed by atoms with Crippen LogP contribution in [-0.2, 0) is 17.9 Å². The smallest absolute Gasteiger partial charge is 0.241 e.